The number of nitrogens with zero attached hydrogens (tertiary/aromatic N) is 5. The molecular formula is C43H31Cl2F2N5O2. The minimum absolute atomic E-state index is 0.0806. The molecule has 54 heavy (non-hydrogen) atoms. The molecule has 11 heteroatoms. The van der Waals surface area contributed by atoms with Crippen LogP contribution in [0.15, 0.2) is 134 Å². The monoisotopic (exact) mass is 757 g/mol. The highest BCUT2D eigenvalue weighted by molar-refractivity contribution is 6.31. The maximum absolute atomic E-state index is 14.2. The van der Waals surface area contributed by atoms with Gasteiger partial charge in [0.2, 0.25) is 0 Å². The van der Waals surface area contributed by atoms with Crippen LogP contribution in [0, 0.1) is 11.6 Å². The van der Waals surface area contributed by atoms with Gasteiger partial charge in [-0.25, -0.2) is 8.78 Å². The lowest BCUT2D eigenvalue weighted by atomic mass is 9.99. The number of aliphatic hydroxyl groups is 1. The molecule has 0 radical (unpaired) electrons. The summed E-state index contributed by atoms with van der Waals surface area (Å²) in [5.74, 6) is -1.09. The van der Waals surface area contributed by atoms with Gasteiger partial charge >= 0.3 is 0 Å². The summed E-state index contributed by atoms with van der Waals surface area (Å²) >= 11 is 12.2. The van der Waals surface area contributed by atoms with E-state index in [9.17, 15) is 18.7 Å². The number of aliphatic hydroxyl groups excluding tert-OH is 1. The quantitative estimate of drug-likeness (QED) is 0.151. The summed E-state index contributed by atoms with van der Waals surface area (Å²) in [5.41, 5.74) is 7.44. The van der Waals surface area contributed by atoms with Gasteiger partial charge in [0.15, 0.2) is 0 Å². The predicted octanol–water partition coefficient (Wildman–Crippen LogP) is 10.0. The molecule has 0 spiro atoms. The molecule has 7 nitrogen and oxygen atoms in total. The fourth-order valence-corrected chi connectivity index (χ4v) is 7.38. The van der Waals surface area contributed by atoms with Crippen LogP contribution in [0.5, 0.6) is 0 Å². The summed E-state index contributed by atoms with van der Waals surface area (Å²) in [4.78, 5) is 15.8. The van der Waals surface area contributed by atoms with Crippen molar-refractivity contribution in [3.05, 3.63) is 172 Å². The Morgan fingerprint density at radius 3 is 1.70 bits per heavy atom. The number of carbonyl (C=O) groups excluding carboxylic acids is 1. The lowest BCUT2D eigenvalue weighted by Crippen LogP contribution is -2.33. The van der Waals surface area contributed by atoms with Crippen molar-refractivity contribution < 1.29 is 18.7 Å². The maximum atomic E-state index is 14.2. The van der Waals surface area contributed by atoms with E-state index in [1.165, 1.54) is 24.3 Å². The summed E-state index contributed by atoms with van der Waals surface area (Å²) < 4.78 is 31.5. The van der Waals surface area contributed by atoms with Crippen molar-refractivity contribution in [2.75, 3.05) is 18.1 Å². The first-order valence-corrected chi connectivity index (χ1v) is 17.9. The van der Waals surface area contributed by atoms with Gasteiger partial charge in [-0.15, -0.1) is 0 Å². The first kappa shape index (κ1) is 35.2. The molecule has 0 aliphatic heterocycles. The largest absolute Gasteiger partial charge is 0.395 e. The topological polar surface area (TPSA) is 76.2 Å². The smallest absolute Gasteiger partial charge is 0.258 e. The van der Waals surface area contributed by atoms with Gasteiger partial charge in [-0.1, -0.05) is 71.7 Å². The van der Waals surface area contributed by atoms with Crippen LogP contribution in [0.3, 0.4) is 0 Å². The van der Waals surface area contributed by atoms with E-state index < -0.39 is 11.6 Å². The summed E-state index contributed by atoms with van der Waals surface area (Å²) in [5, 5.41) is 21.9. The fourth-order valence-electron chi connectivity index (χ4n) is 6.89. The molecule has 268 valence electrons. The van der Waals surface area contributed by atoms with Crippen LogP contribution in [0.2, 0.25) is 10.0 Å². The van der Waals surface area contributed by atoms with Crippen LogP contribution in [0.1, 0.15) is 21.5 Å². The third kappa shape index (κ3) is 7.34. The average molecular weight is 759 g/mol. The third-order valence-corrected chi connectivity index (χ3v) is 9.62. The van der Waals surface area contributed by atoms with Crippen molar-refractivity contribution in [1.82, 2.24) is 19.6 Å². The summed E-state index contributed by atoms with van der Waals surface area (Å²) in [7, 11) is 0. The van der Waals surface area contributed by atoms with E-state index in [0.717, 1.165) is 44.1 Å². The molecule has 2 aromatic heterocycles. The minimum Gasteiger partial charge on any atom is -0.395 e. The highest BCUT2D eigenvalue weighted by atomic mass is 35.5. The van der Waals surface area contributed by atoms with Crippen molar-refractivity contribution >= 4 is 56.6 Å². The highest BCUT2D eigenvalue weighted by Crippen LogP contribution is 2.33. The van der Waals surface area contributed by atoms with E-state index in [1.807, 2.05) is 91.3 Å². The minimum atomic E-state index is -0.409. The molecule has 0 aliphatic rings. The van der Waals surface area contributed by atoms with Gasteiger partial charge < -0.3 is 10.0 Å². The van der Waals surface area contributed by atoms with E-state index in [0.29, 0.717) is 45.5 Å². The van der Waals surface area contributed by atoms with Gasteiger partial charge in [0.05, 0.1) is 30.7 Å². The van der Waals surface area contributed by atoms with E-state index in [4.69, 9.17) is 33.4 Å². The Balaban J connectivity index is 1.08. The Labute approximate surface area is 319 Å². The molecule has 0 bridgehead atoms. The molecule has 0 fully saturated rings. The number of anilines is 1. The van der Waals surface area contributed by atoms with Gasteiger partial charge in [-0.3, -0.25) is 14.2 Å². The summed E-state index contributed by atoms with van der Waals surface area (Å²) in [6, 6.07) is 35.5. The van der Waals surface area contributed by atoms with Gasteiger partial charge in [0.1, 0.15) is 11.6 Å². The average Bonchev–Trinajstić information content (AvgIpc) is 3.76. The van der Waals surface area contributed by atoms with Gasteiger partial charge in [-0.2, -0.15) is 10.2 Å². The number of hydrogen-bond acceptors (Lipinski definition) is 4. The molecule has 1 amide bonds. The van der Waals surface area contributed by atoms with Crippen LogP contribution in [-0.2, 0) is 13.1 Å². The molecule has 0 saturated heterocycles. The molecule has 0 atom stereocenters. The standard InChI is InChI=1S/C43H31Cl2F2N5O2/c44-32-15-27(17-34(46)21-32)23-50-25-39-37(9-3-11-41(39)48-50)29-5-1-7-31(19-29)43(54)52(13-14-53)36-8-2-6-30(20-36)38-10-4-12-42-40(38)26-51(49-42)24-28-16-33(45)22-35(47)18-28/h1-12,15-22,25-26,53H,13-14,23-24H2. The SMILES string of the molecule is O=C(c1cccc(-c2cccc3nn(Cc4cc(F)cc(Cl)c4)cc23)c1)N(CCO)c1cccc(-c2cccc3nn(Cc4cc(F)cc(Cl)c4)cc23)c1. The number of aromatic nitrogens is 4. The van der Waals surface area contributed by atoms with E-state index in [-0.39, 0.29) is 19.1 Å². The lowest BCUT2D eigenvalue weighted by molar-refractivity contribution is 0.0981. The van der Waals surface area contributed by atoms with Crippen LogP contribution in [-0.4, -0.2) is 43.7 Å². The van der Waals surface area contributed by atoms with Crippen molar-refractivity contribution in [2.24, 2.45) is 0 Å². The Kier molecular flexibility index (Phi) is 9.69. The number of hydrogen-bond donors (Lipinski definition) is 1. The van der Waals surface area contributed by atoms with Crippen LogP contribution in [0.4, 0.5) is 14.5 Å². The molecule has 0 aliphatic carbocycles. The first-order valence-electron chi connectivity index (χ1n) is 17.2. The number of amides is 1. The number of carbonyl (C=O) groups is 1. The zero-order valence-electron chi connectivity index (χ0n) is 28.6. The molecular weight excluding hydrogens is 727 g/mol. The first-order chi connectivity index (χ1) is 26.2. The summed E-state index contributed by atoms with van der Waals surface area (Å²) in [6.45, 7) is 0.513. The molecule has 2 heterocycles. The maximum Gasteiger partial charge on any atom is 0.258 e. The zero-order chi connectivity index (χ0) is 37.3. The second-order valence-electron chi connectivity index (χ2n) is 13.0. The van der Waals surface area contributed by atoms with E-state index >= 15 is 0 Å². The molecule has 8 rings (SSSR count). The normalized spacial score (nSPS) is 11.4. The van der Waals surface area contributed by atoms with E-state index in [2.05, 4.69) is 0 Å². The van der Waals surface area contributed by atoms with Gasteiger partial charge in [-0.05, 0) is 106 Å². The molecule has 1 N–H and O–H groups in total. The third-order valence-electron chi connectivity index (χ3n) is 9.19. The molecule has 8 aromatic rings. The number of benzene rings is 6. The molecule has 6 aromatic carbocycles. The Morgan fingerprint density at radius 2 is 1.17 bits per heavy atom. The molecule has 0 unspecified atom stereocenters. The van der Waals surface area contributed by atoms with Crippen molar-refractivity contribution in [2.45, 2.75) is 13.1 Å². The highest BCUT2D eigenvalue weighted by Gasteiger charge is 2.20. The van der Waals surface area contributed by atoms with Crippen LogP contribution in [0.25, 0.3) is 44.1 Å². The number of halogens is 4. The Bertz CT molecular complexity index is 2650. The van der Waals surface area contributed by atoms with Crippen LogP contribution >= 0.6 is 23.2 Å². The van der Waals surface area contributed by atoms with Gasteiger partial charge in [0, 0.05) is 51.0 Å². The fraction of sp³-hybridized carbons (Fsp3) is 0.0930. The number of fused-ring (bicyclic) bond motifs is 2. The number of rotatable bonds is 10. The second kappa shape index (κ2) is 14.9. The zero-order valence-corrected chi connectivity index (χ0v) is 30.1. The second-order valence-corrected chi connectivity index (χ2v) is 13.9. The van der Waals surface area contributed by atoms with Crippen LogP contribution < -0.4 is 4.90 Å². The van der Waals surface area contributed by atoms with E-state index in [1.54, 1.807) is 32.5 Å². The van der Waals surface area contributed by atoms with Gasteiger partial charge in [0.25, 0.3) is 5.91 Å². The molecule has 0 saturated carbocycles. The Hall–Kier alpha value is -5.87. The summed E-state index contributed by atoms with van der Waals surface area (Å²) in [6.07, 6.45) is 3.82. The Morgan fingerprint density at radius 1 is 0.648 bits per heavy atom. The van der Waals surface area contributed by atoms with Crippen molar-refractivity contribution in [1.29, 1.82) is 0 Å². The predicted molar refractivity (Wildman–Crippen MR) is 210 cm³/mol. The van der Waals surface area contributed by atoms with Crippen molar-refractivity contribution in [3.8, 4) is 22.3 Å². The lowest BCUT2D eigenvalue weighted by Gasteiger charge is -2.23. The van der Waals surface area contributed by atoms with Crippen molar-refractivity contribution in [3.63, 3.8) is 0 Å².